The van der Waals surface area contributed by atoms with Gasteiger partial charge in [0.1, 0.15) is 5.75 Å². The smallest absolute Gasteiger partial charge is 0.452 e. The number of hydrogen-bond acceptors (Lipinski definition) is 4. The SMILES string of the molecule is Cc1c(Oc2ccc(Cl)cc2F)cncc1B1OC(C)(C)C(C)(C)O1. The summed E-state index contributed by atoms with van der Waals surface area (Å²) in [4.78, 5) is 4.20. The molecule has 3 rings (SSSR count). The highest BCUT2D eigenvalue weighted by atomic mass is 35.5. The van der Waals surface area contributed by atoms with E-state index in [0.717, 1.165) is 11.0 Å². The number of nitrogens with zero attached hydrogens (tertiary/aromatic N) is 1. The van der Waals surface area contributed by atoms with Gasteiger partial charge >= 0.3 is 7.12 Å². The molecule has 4 nitrogen and oxygen atoms in total. The van der Waals surface area contributed by atoms with Crippen LogP contribution in [0.2, 0.25) is 5.02 Å². The van der Waals surface area contributed by atoms with Gasteiger partial charge in [0.05, 0.1) is 17.4 Å². The first-order valence-corrected chi connectivity index (χ1v) is 8.41. The summed E-state index contributed by atoms with van der Waals surface area (Å²) >= 11 is 5.77. The fourth-order valence-electron chi connectivity index (χ4n) is 2.51. The normalized spacial score (nSPS) is 18.4. The van der Waals surface area contributed by atoms with Crippen molar-refractivity contribution < 1.29 is 18.4 Å². The molecule has 0 amide bonds. The van der Waals surface area contributed by atoms with Crippen LogP contribution in [0.3, 0.4) is 0 Å². The predicted molar refractivity (Wildman–Crippen MR) is 96.2 cm³/mol. The molecule has 25 heavy (non-hydrogen) atoms. The molecule has 0 N–H and O–H groups in total. The van der Waals surface area contributed by atoms with E-state index in [0.29, 0.717) is 10.8 Å². The second-order valence-electron chi connectivity index (χ2n) is 7.12. The summed E-state index contributed by atoms with van der Waals surface area (Å²) in [5.41, 5.74) is 0.625. The summed E-state index contributed by atoms with van der Waals surface area (Å²) in [6.07, 6.45) is 3.22. The lowest BCUT2D eigenvalue weighted by Crippen LogP contribution is -2.41. The first-order valence-electron chi connectivity index (χ1n) is 8.04. The predicted octanol–water partition coefficient (Wildman–Crippen LogP) is 4.27. The Morgan fingerprint density at radius 1 is 1.08 bits per heavy atom. The van der Waals surface area contributed by atoms with Gasteiger partial charge in [-0.3, -0.25) is 4.98 Å². The molecule has 1 aromatic heterocycles. The average Bonchev–Trinajstić information content (AvgIpc) is 2.72. The third-order valence-corrected chi connectivity index (χ3v) is 5.06. The fourth-order valence-corrected chi connectivity index (χ4v) is 2.67. The third-order valence-electron chi connectivity index (χ3n) is 4.83. The monoisotopic (exact) mass is 363 g/mol. The number of halogens is 2. The maximum absolute atomic E-state index is 14.0. The van der Waals surface area contributed by atoms with Crippen LogP contribution in [0.15, 0.2) is 30.6 Å². The van der Waals surface area contributed by atoms with Crippen molar-refractivity contribution in [1.82, 2.24) is 4.98 Å². The zero-order valence-corrected chi connectivity index (χ0v) is 15.6. The maximum Gasteiger partial charge on any atom is 0.496 e. The highest BCUT2D eigenvalue weighted by Gasteiger charge is 2.52. The van der Waals surface area contributed by atoms with Gasteiger partial charge in [-0.2, -0.15) is 0 Å². The molecule has 1 aliphatic heterocycles. The van der Waals surface area contributed by atoms with Gasteiger partial charge in [0.2, 0.25) is 0 Å². The lowest BCUT2D eigenvalue weighted by Gasteiger charge is -2.32. The molecular weight excluding hydrogens is 343 g/mol. The largest absolute Gasteiger partial charge is 0.496 e. The maximum atomic E-state index is 14.0. The molecule has 7 heteroatoms. The van der Waals surface area contributed by atoms with Crippen LogP contribution in [0.4, 0.5) is 4.39 Å². The van der Waals surface area contributed by atoms with Crippen LogP contribution in [-0.4, -0.2) is 23.3 Å². The molecule has 0 unspecified atom stereocenters. The Hall–Kier alpha value is -1.63. The van der Waals surface area contributed by atoms with Crippen molar-refractivity contribution in [2.75, 3.05) is 0 Å². The van der Waals surface area contributed by atoms with E-state index in [-0.39, 0.29) is 5.75 Å². The third kappa shape index (κ3) is 3.39. The van der Waals surface area contributed by atoms with Gasteiger partial charge in [-0.25, -0.2) is 4.39 Å². The number of aromatic nitrogens is 1. The Morgan fingerprint density at radius 3 is 2.32 bits per heavy atom. The second kappa shape index (κ2) is 6.27. The molecule has 0 radical (unpaired) electrons. The van der Waals surface area contributed by atoms with Gasteiger partial charge in [-0.05, 0) is 58.4 Å². The van der Waals surface area contributed by atoms with Crippen LogP contribution >= 0.6 is 11.6 Å². The van der Waals surface area contributed by atoms with E-state index in [1.54, 1.807) is 12.3 Å². The fraction of sp³-hybridized carbons (Fsp3) is 0.389. The van der Waals surface area contributed by atoms with E-state index >= 15 is 0 Å². The minimum atomic E-state index is -0.559. The Bertz CT molecular complexity index is 797. The quantitative estimate of drug-likeness (QED) is 0.763. The molecule has 1 aliphatic rings. The minimum absolute atomic E-state index is 0.0837. The van der Waals surface area contributed by atoms with Crippen molar-refractivity contribution in [2.24, 2.45) is 0 Å². The first kappa shape index (κ1) is 18.2. The van der Waals surface area contributed by atoms with Crippen molar-refractivity contribution in [3.05, 3.63) is 47.0 Å². The molecule has 1 fully saturated rings. The molecule has 0 spiro atoms. The zero-order valence-electron chi connectivity index (χ0n) is 14.9. The highest BCUT2D eigenvalue weighted by Crippen LogP contribution is 2.37. The minimum Gasteiger partial charge on any atom is -0.452 e. The number of benzene rings is 1. The summed E-state index contributed by atoms with van der Waals surface area (Å²) in [5.74, 6) is -0.0123. The van der Waals surface area contributed by atoms with E-state index in [2.05, 4.69) is 4.98 Å². The summed E-state index contributed by atoms with van der Waals surface area (Å²) in [6.45, 7) is 9.81. The number of hydrogen-bond donors (Lipinski definition) is 0. The Labute approximate surface area is 152 Å². The molecule has 0 atom stereocenters. The molecule has 2 heterocycles. The summed E-state index contributed by atoms with van der Waals surface area (Å²) in [7, 11) is -0.559. The van der Waals surface area contributed by atoms with Crippen LogP contribution in [-0.2, 0) is 9.31 Å². The number of pyridine rings is 1. The lowest BCUT2D eigenvalue weighted by molar-refractivity contribution is 0.00578. The number of rotatable bonds is 3. The molecule has 2 aromatic rings. The Balaban J connectivity index is 1.91. The summed E-state index contributed by atoms with van der Waals surface area (Å²) in [5, 5.41) is 0.311. The molecule has 1 aromatic carbocycles. The lowest BCUT2D eigenvalue weighted by atomic mass is 9.77. The van der Waals surface area contributed by atoms with E-state index in [4.69, 9.17) is 25.6 Å². The van der Waals surface area contributed by atoms with Gasteiger partial charge < -0.3 is 14.0 Å². The van der Waals surface area contributed by atoms with Crippen molar-refractivity contribution in [2.45, 2.75) is 45.8 Å². The van der Waals surface area contributed by atoms with Crippen LogP contribution in [0.25, 0.3) is 0 Å². The van der Waals surface area contributed by atoms with Crippen molar-refractivity contribution >= 4 is 24.2 Å². The van der Waals surface area contributed by atoms with Crippen LogP contribution in [0.1, 0.15) is 33.3 Å². The van der Waals surface area contributed by atoms with Gasteiger partial charge in [-0.1, -0.05) is 11.6 Å². The molecule has 132 valence electrons. The van der Waals surface area contributed by atoms with E-state index in [1.807, 2.05) is 34.6 Å². The molecule has 0 aliphatic carbocycles. The van der Waals surface area contributed by atoms with Crippen LogP contribution < -0.4 is 10.2 Å². The van der Waals surface area contributed by atoms with E-state index in [1.165, 1.54) is 18.3 Å². The number of ether oxygens (including phenoxy) is 1. The van der Waals surface area contributed by atoms with Crippen molar-refractivity contribution in [1.29, 1.82) is 0 Å². The van der Waals surface area contributed by atoms with E-state index in [9.17, 15) is 4.39 Å². The molecule has 0 saturated carbocycles. The van der Waals surface area contributed by atoms with Crippen LogP contribution in [0.5, 0.6) is 11.5 Å². The van der Waals surface area contributed by atoms with Gasteiger partial charge in [-0.15, -0.1) is 0 Å². The van der Waals surface area contributed by atoms with Gasteiger partial charge in [0.15, 0.2) is 11.6 Å². The first-order chi connectivity index (χ1) is 11.6. The van der Waals surface area contributed by atoms with Gasteiger partial charge in [0, 0.05) is 16.7 Å². The topological polar surface area (TPSA) is 40.6 Å². The molecule has 0 bridgehead atoms. The van der Waals surface area contributed by atoms with Gasteiger partial charge in [0.25, 0.3) is 0 Å². The van der Waals surface area contributed by atoms with Crippen molar-refractivity contribution in [3.63, 3.8) is 0 Å². The Kier molecular flexibility index (Phi) is 4.56. The van der Waals surface area contributed by atoms with Crippen LogP contribution in [0, 0.1) is 12.7 Å². The van der Waals surface area contributed by atoms with E-state index < -0.39 is 24.1 Å². The average molecular weight is 364 g/mol. The van der Waals surface area contributed by atoms with Crippen molar-refractivity contribution in [3.8, 4) is 11.5 Å². The highest BCUT2D eigenvalue weighted by molar-refractivity contribution is 6.62. The summed E-state index contributed by atoms with van der Waals surface area (Å²) < 4.78 is 31.8. The zero-order chi connectivity index (χ0) is 18.4. The Morgan fingerprint density at radius 2 is 1.72 bits per heavy atom. The summed E-state index contributed by atoms with van der Waals surface area (Å²) in [6, 6.07) is 4.26. The molecule has 1 saturated heterocycles. The standard InChI is InChI=1S/C18H20BClFNO3/c1-11-13(19-24-17(2,3)18(4,5)25-19)9-22-10-16(11)23-15-7-6-12(20)8-14(15)21/h6-10H,1-5H3. The second-order valence-corrected chi connectivity index (χ2v) is 7.55. The molecular formula is C18H20BClFNO3.